The largest absolute Gasteiger partial charge is 0.493 e. The Morgan fingerprint density at radius 3 is 3.00 bits per heavy atom. The molecule has 0 bridgehead atoms. The average molecular weight is 361 g/mol. The lowest BCUT2D eigenvalue weighted by molar-refractivity contribution is 0.0587. The lowest BCUT2D eigenvalue weighted by Crippen LogP contribution is -2.44. The number of thioether (sulfide) groups is 1. The van der Waals surface area contributed by atoms with Crippen molar-refractivity contribution in [2.75, 3.05) is 32.6 Å². The molecule has 1 atom stereocenters. The Labute approximate surface area is 140 Å². The van der Waals surface area contributed by atoms with Gasteiger partial charge in [-0.05, 0) is 6.26 Å². The number of morpholine rings is 1. The molecule has 7 nitrogen and oxygen atoms in total. The third kappa shape index (κ3) is 3.42. The number of fused-ring (bicyclic) bond motifs is 1. The number of nitrogens with one attached hydrogen (secondary N) is 1. The number of halogens is 2. The molecule has 1 aliphatic rings. The zero-order valence-electron chi connectivity index (χ0n) is 12.2. The van der Waals surface area contributed by atoms with Gasteiger partial charge in [-0.15, -0.1) is 0 Å². The molecule has 124 valence electrons. The Bertz CT molecular complexity index is 730. The molecule has 2 aromatic heterocycles. The minimum Gasteiger partial charge on any atom is -0.493 e. The molecule has 0 unspecified atom stereocenters. The van der Waals surface area contributed by atoms with Crippen LogP contribution < -0.4 is 10.1 Å². The molecular formula is C13H14ClFN4O3S. The number of ether oxygens (including phenoxy) is 2. The zero-order valence-corrected chi connectivity index (χ0v) is 13.7. The molecule has 23 heavy (non-hydrogen) atoms. The zero-order chi connectivity index (χ0) is 16.4. The summed E-state index contributed by atoms with van der Waals surface area (Å²) in [4.78, 5) is 11.8. The van der Waals surface area contributed by atoms with Crippen LogP contribution in [-0.4, -0.2) is 58.7 Å². The third-order valence-electron chi connectivity index (χ3n) is 3.27. The van der Waals surface area contributed by atoms with Crippen LogP contribution in [-0.2, 0) is 4.74 Å². The van der Waals surface area contributed by atoms with Crippen LogP contribution in [0.3, 0.4) is 0 Å². The minimum atomic E-state index is -0.818. The molecule has 0 saturated carbocycles. The van der Waals surface area contributed by atoms with E-state index in [0.29, 0.717) is 13.2 Å². The molecule has 10 heteroatoms. The fourth-order valence-corrected chi connectivity index (χ4v) is 2.71. The maximum atomic E-state index is 14.2. The number of aromatic hydroxyl groups is 1. The lowest BCUT2D eigenvalue weighted by atomic mass is 10.2. The Hall–Kier alpha value is -1.42. The fourth-order valence-electron chi connectivity index (χ4n) is 2.18. The Kier molecular flexibility index (Phi) is 5.00. The molecule has 3 heterocycles. The second-order valence-electron chi connectivity index (χ2n) is 4.82. The van der Waals surface area contributed by atoms with E-state index in [9.17, 15) is 9.50 Å². The molecule has 0 aromatic carbocycles. The molecule has 1 fully saturated rings. The van der Waals surface area contributed by atoms with Crippen LogP contribution in [0.4, 0.5) is 4.39 Å². The first-order valence-electron chi connectivity index (χ1n) is 6.83. The molecule has 2 aromatic rings. The first kappa shape index (κ1) is 16.4. The highest BCUT2D eigenvalue weighted by molar-refractivity contribution is 7.98. The number of hydrogen-bond acceptors (Lipinski definition) is 8. The van der Waals surface area contributed by atoms with E-state index in [1.165, 1.54) is 11.8 Å². The van der Waals surface area contributed by atoms with E-state index >= 15 is 0 Å². The van der Waals surface area contributed by atoms with E-state index in [2.05, 4.69) is 20.3 Å². The van der Waals surface area contributed by atoms with E-state index in [1.54, 1.807) is 6.26 Å². The van der Waals surface area contributed by atoms with Crippen molar-refractivity contribution in [3.05, 3.63) is 11.0 Å². The summed E-state index contributed by atoms with van der Waals surface area (Å²) in [5, 5.41) is 13.2. The van der Waals surface area contributed by atoms with Gasteiger partial charge in [0.1, 0.15) is 17.5 Å². The van der Waals surface area contributed by atoms with Gasteiger partial charge in [-0.2, -0.15) is 9.97 Å². The lowest BCUT2D eigenvalue weighted by Gasteiger charge is -2.23. The van der Waals surface area contributed by atoms with Gasteiger partial charge in [0.15, 0.2) is 16.1 Å². The van der Waals surface area contributed by atoms with Gasteiger partial charge < -0.3 is 19.9 Å². The second kappa shape index (κ2) is 7.00. The van der Waals surface area contributed by atoms with Crippen LogP contribution in [0.5, 0.6) is 11.8 Å². The highest BCUT2D eigenvalue weighted by atomic mass is 35.5. The molecular weight excluding hydrogens is 347 g/mol. The van der Waals surface area contributed by atoms with Crippen LogP contribution in [0, 0.1) is 5.82 Å². The molecule has 3 rings (SSSR count). The van der Waals surface area contributed by atoms with Crippen molar-refractivity contribution >= 4 is 34.3 Å². The number of hydrogen-bond donors (Lipinski definition) is 2. The molecule has 1 aliphatic heterocycles. The summed E-state index contributed by atoms with van der Waals surface area (Å²) in [5.41, 5.74) is -0.121. The quantitative estimate of drug-likeness (QED) is 0.483. The summed E-state index contributed by atoms with van der Waals surface area (Å²) in [6, 6.07) is -0.0297. The van der Waals surface area contributed by atoms with Gasteiger partial charge in [0.2, 0.25) is 11.8 Å². The second-order valence-corrected chi connectivity index (χ2v) is 5.95. The van der Waals surface area contributed by atoms with Gasteiger partial charge in [-0.1, -0.05) is 23.4 Å². The van der Waals surface area contributed by atoms with Crippen LogP contribution in [0.2, 0.25) is 5.15 Å². The van der Waals surface area contributed by atoms with Crippen molar-refractivity contribution in [1.29, 1.82) is 0 Å². The van der Waals surface area contributed by atoms with Gasteiger partial charge >= 0.3 is 0 Å². The highest BCUT2D eigenvalue weighted by Gasteiger charge is 2.22. The maximum absolute atomic E-state index is 14.2. The van der Waals surface area contributed by atoms with E-state index in [1.807, 2.05) is 0 Å². The normalized spacial score (nSPS) is 18.3. The molecule has 2 N–H and O–H groups in total. The molecule has 0 aliphatic carbocycles. The minimum absolute atomic E-state index is 0.00132. The Balaban J connectivity index is 1.97. The van der Waals surface area contributed by atoms with E-state index in [4.69, 9.17) is 21.1 Å². The first-order chi connectivity index (χ1) is 11.1. The van der Waals surface area contributed by atoms with Gasteiger partial charge in [0, 0.05) is 6.54 Å². The summed E-state index contributed by atoms with van der Waals surface area (Å²) >= 11 is 6.98. The molecule has 0 amide bonds. The maximum Gasteiger partial charge on any atom is 0.230 e. The Morgan fingerprint density at radius 2 is 2.30 bits per heavy atom. The smallest absolute Gasteiger partial charge is 0.230 e. The van der Waals surface area contributed by atoms with Gasteiger partial charge in [-0.25, -0.2) is 9.37 Å². The van der Waals surface area contributed by atoms with E-state index in [0.717, 1.165) is 6.54 Å². The predicted molar refractivity (Wildman–Crippen MR) is 83.9 cm³/mol. The monoisotopic (exact) mass is 360 g/mol. The summed E-state index contributed by atoms with van der Waals surface area (Å²) in [7, 11) is 0. The van der Waals surface area contributed by atoms with Crippen molar-refractivity contribution in [3.63, 3.8) is 0 Å². The summed E-state index contributed by atoms with van der Waals surface area (Å²) in [6.07, 6.45) is 1.72. The van der Waals surface area contributed by atoms with Gasteiger partial charge in [0.05, 0.1) is 19.3 Å². The molecule has 0 radical (unpaired) electrons. The summed E-state index contributed by atoms with van der Waals surface area (Å²) in [6.45, 7) is 2.09. The van der Waals surface area contributed by atoms with Crippen LogP contribution in [0.25, 0.3) is 10.9 Å². The summed E-state index contributed by atoms with van der Waals surface area (Å²) in [5.74, 6) is -1.23. The van der Waals surface area contributed by atoms with Crippen molar-refractivity contribution in [2.45, 2.75) is 11.2 Å². The van der Waals surface area contributed by atoms with Gasteiger partial charge in [0.25, 0.3) is 0 Å². The number of aromatic nitrogens is 3. The first-order valence-corrected chi connectivity index (χ1v) is 8.44. The average Bonchev–Trinajstić information content (AvgIpc) is 2.57. The number of rotatable bonds is 4. The SMILES string of the molecule is CSc1nc(O)c2c(OC[C@@H]3COCCN3)nc(Cl)c(F)c2n1. The number of nitrogens with zero attached hydrogens (tertiary/aromatic N) is 3. The van der Waals surface area contributed by atoms with Crippen LogP contribution >= 0.6 is 23.4 Å². The third-order valence-corrected chi connectivity index (χ3v) is 4.07. The molecule has 1 saturated heterocycles. The fraction of sp³-hybridized carbons (Fsp3) is 0.462. The van der Waals surface area contributed by atoms with Crippen molar-refractivity contribution < 1.29 is 19.0 Å². The predicted octanol–water partition coefficient (Wildman–Crippen LogP) is 1.61. The Morgan fingerprint density at radius 1 is 1.48 bits per heavy atom. The van der Waals surface area contributed by atoms with Crippen molar-refractivity contribution in [1.82, 2.24) is 20.3 Å². The van der Waals surface area contributed by atoms with E-state index < -0.39 is 11.7 Å². The van der Waals surface area contributed by atoms with Gasteiger partial charge in [-0.3, -0.25) is 0 Å². The molecule has 0 spiro atoms. The van der Waals surface area contributed by atoms with Crippen molar-refractivity contribution in [2.24, 2.45) is 0 Å². The highest BCUT2D eigenvalue weighted by Crippen LogP contribution is 2.35. The number of pyridine rings is 1. The van der Waals surface area contributed by atoms with Crippen LogP contribution in [0.1, 0.15) is 0 Å². The van der Waals surface area contributed by atoms with Crippen molar-refractivity contribution in [3.8, 4) is 11.8 Å². The van der Waals surface area contributed by atoms with E-state index in [-0.39, 0.29) is 39.7 Å². The topological polar surface area (TPSA) is 89.4 Å². The van der Waals surface area contributed by atoms with Crippen LogP contribution in [0.15, 0.2) is 5.16 Å². The standard InChI is InChI=1S/C13H14ClFN4O3S/c1-23-13-17-9-7(11(20)19-13)12(18-10(14)8(9)15)22-5-6-4-21-3-2-16-6/h6,16H,2-5H2,1H3,(H,17,19,20)/t6-/m0/s1. The summed E-state index contributed by atoms with van der Waals surface area (Å²) < 4.78 is 25.1.